The molecule has 0 spiro atoms. The number of aromatic amines is 1. The highest BCUT2D eigenvalue weighted by Crippen LogP contribution is 2.22. The van der Waals surface area contributed by atoms with Crippen molar-refractivity contribution in [3.8, 4) is 0 Å². The van der Waals surface area contributed by atoms with Crippen LogP contribution in [-0.2, 0) is 36.8 Å². The molecule has 1 aliphatic rings. The summed E-state index contributed by atoms with van der Waals surface area (Å²) < 4.78 is 4.91. The van der Waals surface area contributed by atoms with E-state index in [9.17, 15) is 19.2 Å². The number of carbonyl (C=O) groups excluding carboxylic acids is 4. The zero-order valence-corrected chi connectivity index (χ0v) is 24.8. The van der Waals surface area contributed by atoms with Crippen LogP contribution in [0.4, 0.5) is 0 Å². The number of para-hydroxylation sites is 1. The van der Waals surface area contributed by atoms with Crippen molar-refractivity contribution in [2.45, 2.75) is 56.3 Å². The van der Waals surface area contributed by atoms with Gasteiger partial charge in [0, 0.05) is 30.1 Å². The summed E-state index contributed by atoms with van der Waals surface area (Å²) in [4.78, 5) is 57.8. The molecular weight excluding hydrogens is 554 g/mol. The van der Waals surface area contributed by atoms with Gasteiger partial charge in [-0.25, -0.2) is 4.79 Å². The number of carbonyl (C=O) groups is 4. The Hall–Kier alpha value is -3.83. The zero-order valence-electron chi connectivity index (χ0n) is 24.0. The fourth-order valence-corrected chi connectivity index (χ4v) is 5.84. The summed E-state index contributed by atoms with van der Waals surface area (Å²) in [7, 11) is 1.28. The molecule has 11 heteroatoms. The van der Waals surface area contributed by atoms with Crippen LogP contribution in [0.2, 0.25) is 0 Å². The first-order valence-electron chi connectivity index (χ1n) is 14.1. The number of nitrogens with zero attached hydrogens (tertiary/aromatic N) is 1. The molecule has 5 N–H and O–H groups in total. The lowest BCUT2D eigenvalue weighted by molar-refractivity contribution is -0.145. The van der Waals surface area contributed by atoms with E-state index in [-0.39, 0.29) is 12.3 Å². The minimum Gasteiger partial charge on any atom is -0.467 e. The molecule has 3 amide bonds. The SMILES string of the molecule is COC(=O)C(CCSC)NC(=O)C(Cc1c[nH]c2ccccc12)NC(=O)C1CCCN1C(=O)C(N)Cc1ccccc1. The van der Waals surface area contributed by atoms with Crippen LogP contribution >= 0.6 is 11.8 Å². The number of hydrogen-bond acceptors (Lipinski definition) is 7. The molecule has 1 saturated heterocycles. The van der Waals surface area contributed by atoms with Gasteiger partial charge in [-0.15, -0.1) is 0 Å². The Bertz CT molecular complexity index is 1380. The molecule has 0 saturated carbocycles. The van der Waals surface area contributed by atoms with Crippen molar-refractivity contribution in [1.29, 1.82) is 0 Å². The highest BCUT2D eigenvalue weighted by Gasteiger charge is 2.38. The number of likely N-dealkylation sites (tertiary alicyclic amines) is 1. The van der Waals surface area contributed by atoms with Crippen molar-refractivity contribution in [2.75, 3.05) is 25.7 Å². The van der Waals surface area contributed by atoms with Gasteiger partial charge in [0.05, 0.1) is 13.2 Å². The normalized spacial score (nSPS) is 16.9. The van der Waals surface area contributed by atoms with E-state index in [2.05, 4.69) is 15.6 Å². The average Bonchev–Trinajstić information content (AvgIpc) is 3.66. The summed E-state index contributed by atoms with van der Waals surface area (Å²) in [5, 5.41) is 6.61. The maximum Gasteiger partial charge on any atom is 0.328 e. The van der Waals surface area contributed by atoms with Crippen molar-refractivity contribution in [3.05, 3.63) is 71.9 Å². The second-order valence-electron chi connectivity index (χ2n) is 10.5. The molecule has 42 heavy (non-hydrogen) atoms. The number of fused-ring (bicyclic) bond motifs is 1. The van der Waals surface area contributed by atoms with E-state index < -0.39 is 42.0 Å². The third-order valence-corrected chi connectivity index (χ3v) is 8.24. The van der Waals surface area contributed by atoms with Gasteiger partial charge < -0.3 is 31.0 Å². The number of thioether (sulfide) groups is 1. The molecule has 0 radical (unpaired) electrons. The second-order valence-corrected chi connectivity index (χ2v) is 11.5. The summed E-state index contributed by atoms with van der Waals surface area (Å²) in [5.41, 5.74) is 8.97. The molecule has 4 unspecified atom stereocenters. The molecule has 4 atom stereocenters. The molecule has 2 aromatic carbocycles. The van der Waals surface area contributed by atoms with E-state index in [0.717, 1.165) is 22.0 Å². The summed E-state index contributed by atoms with van der Waals surface area (Å²) in [6.07, 6.45) is 5.79. The highest BCUT2D eigenvalue weighted by molar-refractivity contribution is 7.98. The number of hydrogen-bond donors (Lipinski definition) is 4. The van der Waals surface area contributed by atoms with Crippen LogP contribution in [0.25, 0.3) is 10.9 Å². The van der Waals surface area contributed by atoms with E-state index in [1.807, 2.05) is 67.0 Å². The molecule has 0 aliphatic carbocycles. The molecule has 224 valence electrons. The quantitative estimate of drug-likeness (QED) is 0.222. The lowest BCUT2D eigenvalue weighted by Crippen LogP contribution is -2.57. The minimum atomic E-state index is -0.992. The fraction of sp³-hybridized carbons (Fsp3) is 0.419. The van der Waals surface area contributed by atoms with E-state index in [1.54, 1.807) is 11.8 Å². The predicted molar refractivity (Wildman–Crippen MR) is 164 cm³/mol. The number of esters is 1. The van der Waals surface area contributed by atoms with Gasteiger partial charge in [0.2, 0.25) is 17.7 Å². The van der Waals surface area contributed by atoms with Crippen molar-refractivity contribution in [2.24, 2.45) is 5.73 Å². The standard InChI is InChI=1S/C31H39N5O5S/c1-41-31(40)25(14-16-42-2)34-28(37)26(18-21-19-33-24-12-7-6-11-22(21)24)35-29(38)27-13-8-15-36(27)30(39)23(32)17-20-9-4-3-5-10-20/h3-7,9-12,19,23,25-27,33H,8,13-18,32H2,1-2H3,(H,34,37)(H,35,38). The third-order valence-electron chi connectivity index (χ3n) is 7.60. The zero-order chi connectivity index (χ0) is 30.1. The maximum absolute atomic E-state index is 13.7. The van der Waals surface area contributed by atoms with Gasteiger partial charge in [0.15, 0.2) is 0 Å². The van der Waals surface area contributed by atoms with Crippen LogP contribution in [0.3, 0.4) is 0 Å². The molecule has 2 heterocycles. The van der Waals surface area contributed by atoms with Gasteiger partial charge in [0.1, 0.15) is 18.1 Å². The smallest absolute Gasteiger partial charge is 0.328 e. The Kier molecular flexibility index (Phi) is 11.0. The summed E-state index contributed by atoms with van der Waals surface area (Å²) in [6, 6.07) is 13.8. The van der Waals surface area contributed by atoms with Gasteiger partial charge >= 0.3 is 5.97 Å². The number of aromatic nitrogens is 1. The lowest BCUT2D eigenvalue weighted by atomic mass is 10.0. The van der Waals surface area contributed by atoms with E-state index >= 15 is 0 Å². The van der Waals surface area contributed by atoms with E-state index in [0.29, 0.717) is 38.0 Å². The molecule has 0 bridgehead atoms. The molecule has 10 nitrogen and oxygen atoms in total. The number of nitrogens with one attached hydrogen (secondary N) is 3. The molecule has 1 aromatic heterocycles. The molecule has 4 rings (SSSR count). The van der Waals surface area contributed by atoms with Crippen LogP contribution in [0.1, 0.15) is 30.4 Å². The number of nitrogens with two attached hydrogens (primary N) is 1. The Balaban J connectivity index is 1.52. The number of H-pyrrole nitrogens is 1. The third kappa shape index (κ3) is 7.71. The van der Waals surface area contributed by atoms with Crippen LogP contribution in [0.5, 0.6) is 0 Å². The van der Waals surface area contributed by atoms with Crippen molar-refractivity contribution in [1.82, 2.24) is 20.5 Å². The number of rotatable bonds is 13. The van der Waals surface area contributed by atoms with Gasteiger partial charge in [0.25, 0.3) is 0 Å². The maximum atomic E-state index is 13.7. The Morgan fingerprint density at radius 1 is 1.05 bits per heavy atom. The van der Waals surface area contributed by atoms with Crippen LogP contribution in [0.15, 0.2) is 60.8 Å². The number of amides is 3. The van der Waals surface area contributed by atoms with Crippen LogP contribution < -0.4 is 16.4 Å². The predicted octanol–water partition coefficient (Wildman–Crippen LogP) is 2.17. The van der Waals surface area contributed by atoms with E-state index in [1.165, 1.54) is 12.0 Å². The summed E-state index contributed by atoms with van der Waals surface area (Å²) >= 11 is 1.55. The molecule has 1 fully saturated rings. The van der Waals surface area contributed by atoms with Crippen molar-refractivity contribution >= 4 is 46.4 Å². The molecular formula is C31H39N5O5S. The van der Waals surface area contributed by atoms with Crippen molar-refractivity contribution < 1.29 is 23.9 Å². The van der Waals surface area contributed by atoms with Crippen LogP contribution in [0, 0.1) is 0 Å². The first-order chi connectivity index (χ1) is 20.3. The Morgan fingerprint density at radius 3 is 2.52 bits per heavy atom. The molecule has 3 aromatic rings. The molecule has 1 aliphatic heterocycles. The monoisotopic (exact) mass is 593 g/mol. The summed E-state index contributed by atoms with van der Waals surface area (Å²) in [6.45, 7) is 0.415. The van der Waals surface area contributed by atoms with Gasteiger partial charge in [-0.1, -0.05) is 48.5 Å². The number of benzene rings is 2. The van der Waals surface area contributed by atoms with Crippen molar-refractivity contribution in [3.63, 3.8) is 0 Å². The first kappa shape index (κ1) is 31.1. The Labute approximate surface area is 250 Å². The van der Waals surface area contributed by atoms with Gasteiger partial charge in [-0.05, 0) is 54.9 Å². The number of methoxy groups -OCH3 is 1. The van der Waals surface area contributed by atoms with Gasteiger partial charge in [-0.3, -0.25) is 14.4 Å². The largest absolute Gasteiger partial charge is 0.467 e. The summed E-state index contributed by atoms with van der Waals surface area (Å²) in [5.74, 6) is -1.12. The highest BCUT2D eigenvalue weighted by atomic mass is 32.2. The fourth-order valence-electron chi connectivity index (χ4n) is 5.37. The second kappa shape index (κ2) is 14.9. The lowest BCUT2D eigenvalue weighted by Gasteiger charge is -2.29. The first-order valence-corrected chi connectivity index (χ1v) is 15.5. The number of ether oxygens (including phenoxy) is 1. The van der Waals surface area contributed by atoms with Crippen LogP contribution in [-0.4, -0.2) is 83.4 Å². The Morgan fingerprint density at radius 2 is 1.79 bits per heavy atom. The minimum absolute atomic E-state index is 0.187. The topological polar surface area (TPSA) is 147 Å². The van der Waals surface area contributed by atoms with Gasteiger partial charge in [-0.2, -0.15) is 11.8 Å². The van der Waals surface area contributed by atoms with E-state index in [4.69, 9.17) is 10.5 Å². The average molecular weight is 594 g/mol.